The van der Waals surface area contributed by atoms with Gasteiger partial charge in [-0.3, -0.25) is 0 Å². The van der Waals surface area contributed by atoms with Gasteiger partial charge in [0.2, 0.25) is 0 Å². The third-order valence-electron chi connectivity index (χ3n) is 5.18. The van der Waals surface area contributed by atoms with Gasteiger partial charge < -0.3 is 17.0 Å². The van der Waals surface area contributed by atoms with E-state index in [1.165, 1.54) is 27.0 Å². The smallest absolute Gasteiger partial charge is 0.116 e. The van der Waals surface area contributed by atoms with E-state index in [1.807, 2.05) is 0 Å². The van der Waals surface area contributed by atoms with Gasteiger partial charge in [0.15, 0.2) is 0 Å². The first kappa shape index (κ1) is 20.5. The van der Waals surface area contributed by atoms with Gasteiger partial charge in [-0.05, 0) is 48.4 Å². The van der Waals surface area contributed by atoms with Crippen LogP contribution in [0, 0.1) is 6.92 Å². The van der Waals surface area contributed by atoms with E-state index in [9.17, 15) is 0 Å². The van der Waals surface area contributed by atoms with Crippen LogP contribution in [0.1, 0.15) is 11.1 Å². The van der Waals surface area contributed by atoms with E-state index >= 15 is 0 Å². The minimum atomic E-state index is -1.81. The monoisotopic (exact) mass is 446 g/mol. The Bertz CT molecular complexity index is 959. The fraction of sp³-hybridized carbons (Fsp3) is 0.0769. The molecule has 0 aliphatic rings. The second-order valence-electron chi connectivity index (χ2n) is 6.91. The molecule has 0 spiro atoms. The highest BCUT2D eigenvalue weighted by Crippen LogP contribution is 2.58. The average Bonchev–Trinajstić information content (AvgIpc) is 2.75. The minimum absolute atomic E-state index is 0. The summed E-state index contributed by atoms with van der Waals surface area (Å²) in [5.74, 6) is 0. The molecule has 0 bridgehead atoms. The average molecular weight is 447 g/mol. The SMILES string of the molecule is Cc1ccccc1[P+](Cc1ccccc1)(c1ccccc1)c1ccccc1.[Br-]. The highest BCUT2D eigenvalue weighted by Gasteiger charge is 2.46. The second-order valence-corrected chi connectivity index (χ2v) is 10.4. The lowest BCUT2D eigenvalue weighted by Gasteiger charge is -2.29. The number of rotatable bonds is 5. The van der Waals surface area contributed by atoms with Crippen molar-refractivity contribution in [1.29, 1.82) is 0 Å². The molecule has 0 aliphatic carbocycles. The quantitative estimate of drug-likeness (QED) is 0.413. The summed E-state index contributed by atoms with van der Waals surface area (Å²) in [5.41, 5.74) is 2.76. The van der Waals surface area contributed by atoms with Crippen LogP contribution < -0.4 is 32.9 Å². The van der Waals surface area contributed by atoms with Crippen LogP contribution in [0.5, 0.6) is 0 Å². The zero-order valence-electron chi connectivity index (χ0n) is 16.0. The molecule has 4 aromatic carbocycles. The summed E-state index contributed by atoms with van der Waals surface area (Å²) < 4.78 is 0. The number of hydrogen-bond donors (Lipinski definition) is 0. The number of hydrogen-bond acceptors (Lipinski definition) is 0. The first-order valence-corrected chi connectivity index (χ1v) is 11.4. The molecule has 0 radical (unpaired) electrons. The van der Waals surface area contributed by atoms with Crippen LogP contribution in [0.25, 0.3) is 0 Å². The van der Waals surface area contributed by atoms with Gasteiger partial charge in [-0.1, -0.05) is 84.9 Å². The van der Waals surface area contributed by atoms with E-state index in [-0.39, 0.29) is 17.0 Å². The normalized spacial score (nSPS) is 10.9. The Kier molecular flexibility index (Phi) is 6.83. The van der Waals surface area contributed by atoms with Crippen LogP contribution in [0.3, 0.4) is 0 Å². The van der Waals surface area contributed by atoms with Crippen LogP contribution in [-0.4, -0.2) is 0 Å². The fourth-order valence-electron chi connectivity index (χ4n) is 3.91. The molecule has 0 aliphatic heterocycles. The van der Waals surface area contributed by atoms with Crippen molar-refractivity contribution in [2.24, 2.45) is 0 Å². The van der Waals surface area contributed by atoms with Crippen molar-refractivity contribution in [1.82, 2.24) is 0 Å². The number of aryl methyl sites for hydroxylation is 1. The Labute approximate surface area is 179 Å². The lowest BCUT2D eigenvalue weighted by atomic mass is 10.2. The van der Waals surface area contributed by atoms with Crippen LogP contribution in [0.2, 0.25) is 0 Å². The molecule has 4 aromatic rings. The summed E-state index contributed by atoms with van der Waals surface area (Å²) in [6.07, 6.45) is 1.03. The molecule has 0 aromatic heterocycles. The van der Waals surface area contributed by atoms with E-state index in [2.05, 4.69) is 122 Å². The summed E-state index contributed by atoms with van der Waals surface area (Å²) in [7, 11) is -1.81. The zero-order chi connectivity index (χ0) is 18.5. The molecule has 0 nitrogen and oxygen atoms in total. The predicted octanol–water partition coefficient (Wildman–Crippen LogP) is 2.49. The number of benzene rings is 4. The highest BCUT2D eigenvalue weighted by atomic mass is 79.9. The molecular formula is C26H24BrP. The van der Waals surface area contributed by atoms with Crippen molar-refractivity contribution in [3.8, 4) is 0 Å². The van der Waals surface area contributed by atoms with E-state index in [0.29, 0.717) is 0 Å². The third kappa shape index (κ3) is 3.97. The molecule has 0 heterocycles. The van der Waals surface area contributed by atoms with Crippen molar-refractivity contribution in [2.75, 3.05) is 0 Å². The Balaban J connectivity index is 0.00000225. The molecule has 140 valence electrons. The zero-order valence-corrected chi connectivity index (χ0v) is 18.5. The van der Waals surface area contributed by atoms with E-state index in [1.54, 1.807) is 0 Å². The second kappa shape index (κ2) is 9.32. The van der Waals surface area contributed by atoms with Gasteiger partial charge in [0.25, 0.3) is 0 Å². The minimum Gasteiger partial charge on any atom is -1.00 e. The Morgan fingerprint density at radius 2 is 0.964 bits per heavy atom. The van der Waals surface area contributed by atoms with E-state index in [0.717, 1.165) is 6.16 Å². The maximum absolute atomic E-state index is 2.34. The van der Waals surface area contributed by atoms with Gasteiger partial charge in [-0.15, -0.1) is 0 Å². The standard InChI is InChI=1S/C26H24P.BrH/c1-22-13-11-12-20-26(22)27(24-16-7-3-8-17-24,25-18-9-4-10-19-25)21-23-14-5-2-6-15-23;/h2-20H,21H2,1H3;1H/q+1;/p-1. The summed E-state index contributed by atoms with van der Waals surface area (Å²) in [6, 6.07) is 42.0. The van der Waals surface area contributed by atoms with Gasteiger partial charge >= 0.3 is 0 Å². The third-order valence-corrected chi connectivity index (χ3v) is 9.71. The molecule has 0 atom stereocenters. The Morgan fingerprint density at radius 3 is 1.46 bits per heavy atom. The van der Waals surface area contributed by atoms with Gasteiger partial charge in [0.05, 0.1) is 6.16 Å². The summed E-state index contributed by atoms with van der Waals surface area (Å²) in [5, 5.41) is 4.36. The molecule has 0 N–H and O–H groups in total. The lowest BCUT2D eigenvalue weighted by Crippen LogP contribution is -3.00. The maximum Gasteiger partial charge on any atom is 0.116 e. The molecule has 4 rings (SSSR count). The first-order valence-electron chi connectivity index (χ1n) is 9.40. The fourth-order valence-corrected chi connectivity index (χ4v) is 8.44. The molecule has 0 fully saturated rings. The molecule has 0 amide bonds. The molecule has 0 unspecified atom stereocenters. The maximum atomic E-state index is 2.34. The van der Waals surface area contributed by atoms with E-state index in [4.69, 9.17) is 0 Å². The van der Waals surface area contributed by atoms with Crippen LogP contribution in [0.4, 0.5) is 0 Å². The Morgan fingerprint density at radius 1 is 0.536 bits per heavy atom. The summed E-state index contributed by atoms with van der Waals surface area (Å²) in [6.45, 7) is 2.25. The Hall–Kier alpha value is -2.21. The molecule has 2 heteroatoms. The van der Waals surface area contributed by atoms with Crippen molar-refractivity contribution < 1.29 is 17.0 Å². The largest absolute Gasteiger partial charge is 1.00 e. The van der Waals surface area contributed by atoms with Gasteiger partial charge in [-0.25, -0.2) is 0 Å². The molecular weight excluding hydrogens is 423 g/mol. The van der Waals surface area contributed by atoms with Crippen LogP contribution >= 0.6 is 7.26 Å². The lowest BCUT2D eigenvalue weighted by molar-refractivity contribution is -0.00000531. The van der Waals surface area contributed by atoms with Gasteiger partial charge in [0, 0.05) is 0 Å². The summed E-state index contributed by atoms with van der Waals surface area (Å²) in [4.78, 5) is 0. The van der Waals surface area contributed by atoms with Crippen LogP contribution in [-0.2, 0) is 6.16 Å². The van der Waals surface area contributed by atoms with E-state index < -0.39 is 7.26 Å². The van der Waals surface area contributed by atoms with Crippen molar-refractivity contribution in [3.63, 3.8) is 0 Å². The van der Waals surface area contributed by atoms with Crippen LogP contribution in [0.15, 0.2) is 115 Å². The topological polar surface area (TPSA) is 0 Å². The van der Waals surface area contributed by atoms with Crippen molar-refractivity contribution in [2.45, 2.75) is 13.1 Å². The first-order chi connectivity index (χ1) is 13.3. The highest BCUT2D eigenvalue weighted by molar-refractivity contribution is 7.95. The predicted molar refractivity (Wildman–Crippen MR) is 120 cm³/mol. The van der Waals surface area contributed by atoms with Gasteiger partial charge in [0.1, 0.15) is 23.2 Å². The van der Waals surface area contributed by atoms with Crippen molar-refractivity contribution >= 4 is 23.2 Å². The van der Waals surface area contributed by atoms with Crippen molar-refractivity contribution in [3.05, 3.63) is 126 Å². The molecule has 0 saturated carbocycles. The number of halogens is 1. The molecule has 0 saturated heterocycles. The summed E-state index contributed by atoms with van der Waals surface area (Å²) >= 11 is 0. The van der Waals surface area contributed by atoms with Gasteiger partial charge in [-0.2, -0.15) is 0 Å². The molecule has 28 heavy (non-hydrogen) atoms.